The molecular formula is C23H26N2O5. The number of hydrogen-bond acceptors (Lipinski definition) is 5. The highest BCUT2D eigenvalue weighted by Crippen LogP contribution is 2.35. The summed E-state index contributed by atoms with van der Waals surface area (Å²) in [5.41, 5.74) is 2.69. The maximum absolute atomic E-state index is 12.5. The van der Waals surface area contributed by atoms with Gasteiger partial charge in [-0.2, -0.15) is 0 Å². The highest BCUT2D eigenvalue weighted by Gasteiger charge is 2.33. The summed E-state index contributed by atoms with van der Waals surface area (Å²) in [6, 6.07) is 14.2. The van der Waals surface area contributed by atoms with E-state index in [0.717, 1.165) is 12.0 Å². The molecule has 0 aliphatic carbocycles. The average Bonchev–Trinajstić information content (AvgIpc) is 2.77. The Morgan fingerprint density at radius 3 is 2.50 bits per heavy atom. The van der Waals surface area contributed by atoms with E-state index < -0.39 is 12.0 Å². The van der Waals surface area contributed by atoms with Gasteiger partial charge in [0, 0.05) is 5.70 Å². The minimum atomic E-state index is -0.648. The molecule has 1 atom stereocenters. The first-order chi connectivity index (χ1) is 14.6. The highest BCUT2D eigenvalue weighted by molar-refractivity contribution is 5.95. The van der Waals surface area contributed by atoms with Gasteiger partial charge in [0.2, 0.25) is 0 Å². The van der Waals surface area contributed by atoms with Crippen LogP contribution < -0.4 is 20.1 Å². The molecule has 0 aromatic heterocycles. The summed E-state index contributed by atoms with van der Waals surface area (Å²) in [6.45, 7) is 2.38. The van der Waals surface area contributed by atoms with Crippen LogP contribution in [0.2, 0.25) is 0 Å². The van der Waals surface area contributed by atoms with Crippen molar-refractivity contribution >= 4 is 12.0 Å². The number of esters is 1. The van der Waals surface area contributed by atoms with Crippen LogP contribution >= 0.6 is 0 Å². The van der Waals surface area contributed by atoms with Crippen molar-refractivity contribution in [2.45, 2.75) is 32.4 Å². The zero-order valence-electron chi connectivity index (χ0n) is 17.4. The van der Waals surface area contributed by atoms with Crippen LogP contribution in [-0.2, 0) is 16.1 Å². The van der Waals surface area contributed by atoms with Gasteiger partial charge < -0.3 is 24.8 Å². The van der Waals surface area contributed by atoms with Crippen molar-refractivity contribution in [3.8, 4) is 11.5 Å². The molecule has 30 heavy (non-hydrogen) atoms. The van der Waals surface area contributed by atoms with Gasteiger partial charge in [-0.1, -0.05) is 49.7 Å². The highest BCUT2D eigenvalue weighted by atomic mass is 16.5. The number of benzene rings is 2. The van der Waals surface area contributed by atoms with Crippen LogP contribution in [0, 0.1) is 0 Å². The van der Waals surface area contributed by atoms with Crippen molar-refractivity contribution in [1.82, 2.24) is 10.6 Å². The first-order valence-corrected chi connectivity index (χ1v) is 9.80. The van der Waals surface area contributed by atoms with Gasteiger partial charge in [-0.05, 0) is 29.7 Å². The quantitative estimate of drug-likeness (QED) is 0.646. The van der Waals surface area contributed by atoms with Crippen LogP contribution in [0.25, 0.3) is 0 Å². The lowest BCUT2D eigenvalue weighted by molar-refractivity contribution is -0.136. The van der Waals surface area contributed by atoms with Crippen molar-refractivity contribution < 1.29 is 23.8 Å². The summed E-state index contributed by atoms with van der Waals surface area (Å²) in [5, 5.41) is 5.54. The second-order valence-corrected chi connectivity index (χ2v) is 6.85. The Morgan fingerprint density at radius 2 is 1.83 bits per heavy atom. The lowest BCUT2D eigenvalue weighted by Gasteiger charge is -2.29. The van der Waals surface area contributed by atoms with E-state index in [-0.39, 0.29) is 6.03 Å². The Kier molecular flexibility index (Phi) is 6.95. The summed E-state index contributed by atoms with van der Waals surface area (Å²) in [5.74, 6) is 0.597. The molecule has 0 fully saturated rings. The zero-order valence-corrected chi connectivity index (χ0v) is 17.4. The van der Waals surface area contributed by atoms with Gasteiger partial charge in [0.05, 0.1) is 25.8 Å². The second kappa shape index (κ2) is 9.82. The van der Waals surface area contributed by atoms with Crippen LogP contribution in [0.4, 0.5) is 4.79 Å². The molecule has 2 N–H and O–H groups in total. The first-order valence-electron chi connectivity index (χ1n) is 9.80. The largest absolute Gasteiger partial charge is 0.493 e. The number of hydrogen-bond donors (Lipinski definition) is 2. The van der Waals surface area contributed by atoms with E-state index in [4.69, 9.17) is 14.2 Å². The van der Waals surface area contributed by atoms with E-state index in [2.05, 4.69) is 10.6 Å². The van der Waals surface area contributed by atoms with Gasteiger partial charge in [0.15, 0.2) is 11.5 Å². The van der Waals surface area contributed by atoms with Crippen molar-refractivity contribution in [3.63, 3.8) is 0 Å². The van der Waals surface area contributed by atoms with E-state index in [9.17, 15) is 9.59 Å². The molecule has 0 saturated carbocycles. The summed E-state index contributed by atoms with van der Waals surface area (Å²) >= 11 is 0. The summed E-state index contributed by atoms with van der Waals surface area (Å²) in [6.07, 6.45) is 1.34. The van der Waals surface area contributed by atoms with Crippen molar-refractivity contribution in [3.05, 3.63) is 70.9 Å². The zero-order chi connectivity index (χ0) is 21.5. The lowest BCUT2D eigenvalue weighted by atomic mass is 9.93. The molecule has 7 nitrogen and oxygen atoms in total. The number of rotatable bonds is 8. The third-order valence-electron chi connectivity index (χ3n) is 4.82. The number of allylic oxidation sites excluding steroid dienone is 1. The lowest BCUT2D eigenvalue weighted by Crippen LogP contribution is -2.45. The van der Waals surface area contributed by atoms with Gasteiger partial charge in [-0.25, -0.2) is 9.59 Å². The molecule has 1 unspecified atom stereocenters. The molecule has 0 bridgehead atoms. The molecule has 2 aromatic rings. The maximum Gasteiger partial charge on any atom is 0.337 e. The Balaban J connectivity index is 1.92. The third-order valence-corrected chi connectivity index (χ3v) is 4.82. The number of carbonyl (C=O) groups is 2. The van der Waals surface area contributed by atoms with Gasteiger partial charge in [0.1, 0.15) is 6.61 Å². The van der Waals surface area contributed by atoms with Crippen molar-refractivity contribution in [1.29, 1.82) is 0 Å². The van der Waals surface area contributed by atoms with Gasteiger partial charge in [0.25, 0.3) is 0 Å². The van der Waals surface area contributed by atoms with E-state index in [1.807, 2.05) is 43.3 Å². The Morgan fingerprint density at radius 1 is 1.07 bits per heavy atom. The SMILES string of the molecule is CCCC1=C(C(=O)OC)C(c2ccc(OCc3ccccc3)c(OC)c2)NC(=O)N1. The van der Waals surface area contributed by atoms with Crippen molar-refractivity contribution in [2.75, 3.05) is 14.2 Å². The van der Waals surface area contributed by atoms with Gasteiger partial charge in [-0.15, -0.1) is 0 Å². The maximum atomic E-state index is 12.5. The van der Waals surface area contributed by atoms with E-state index in [0.29, 0.717) is 41.4 Å². The standard InChI is InChI=1S/C23H26N2O5/c1-4-8-17-20(22(26)29-3)21(25-23(27)24-17)16-11-12-18(19(13-16)28-2)30-14-15-9-6-5-7-10-15/h5-7,9-13,21H,4,8,14H2,1-3H3,(H2,24,25,27). The molecule has 0 spiro atoms. The third kappa shape index (κ3) is 4.74. The molecule has 3 rings (SSSR count). The number of amides is 2. The predicted octanol–water partition coefficient (Wildman–Crippen LogP) is 3.86. The second-order valence-electron chi connectivity index (χ2n) is 6.85. The molecule has 0 saturated heterocycles. The Labute approximate surface area is 176 Å². The van der Waals surface area contributed by atoms with Crippen LogP contribution in [0.3, 0.4) is 0 Å². The van der Waals surface area contributed by atoms with Crippen molar-refractivity contribution in [2.24, 2.45) is 0 Å². The fourth-order valence-electron chi connectivity index (χ4n) is 3.38. The van der Waals surface area contributed by atoms with E-state index in [1.54, 1.807) is 19.2 Å². The number of ether oxygens (including phenoxy) is 3. The number of carbonyl (C=O) groups excluding carboxylic acids is 2. The molecule has 2 aromatic carbocycles. The number of nitrogens with one attached hydrogen (secondary N) is 2. The Bertz CT molecular complexity index is 940. The normalized spacial score (nSPS) is 15.8. The van der Waals surface area contributed by atoms with E-state index in [1.165, 1.54) is 7.11 Å². The number of urea groups is 1. The van der Waals surface area contributed by atoms with E-state index >= 15 is 0 Å². The minimum absolute atomic E-state index is 0.362. The number of methoxy groups -OCH3 is 2. The van der Waals surface area contributed by atoms with Gasteiger partial charge >= 0.3 is 12.0 Å². The molecule has 0 radical (unpaired) electrons. The van der Waals surface area contributed by atoms with Crippen LogP contribution in [0.5, 0.6) is 11.5 Å². The fraction of sp³-hybridized carbons (Fsp3) is 0.304. The predicted molar refractivity (Wildman–Crippen MR) is 112 cm³/mol. The van der Waals surface area contributed by atoms with Crippen LogP contribution in [0.1, 0.15) is 36.9 Å². The monoisotopic (exact) mass is 410 g/mol. The fourth-order valence-corrected chi connectivity index (χ4v) is 3.38. The summed E-state index contributed by atoms with van der Waals surface area (Å²) in [4.78, 5) is 24.7. The first kappa shape index (κ1) is 21.2. The molecule has 1 heterocycles. The molecule has 2 amide bonds. The summed E-state index contributed by atoms with van der Waals surface area (Å²) < 4.78 is 16.4. The Hall–Kier alpha value is -3.48. The molecule has 7 heteroatoms. The van der Waals surface area contributed by atoms with Crippen LogP contribution in [-0.4, -0.2) is 26.2 Å². The average molecular weight is 410 g/mol. The van der Waals surface area contributed by atoms with Gasteiger partial charge in [-0.3, -0.25) is 0 Å². The summed E-state index contributed by atoms with van der Waals surface area (Å²) in [7, 11) is 2.88. The molecule has 158 valence electrons. The molecule has 1 aliphatic rings. The smallest absolute Gasteiger partial charge is 0.337 e. The van der Waals surface area contributed by atoms with Crippen LogP contribution in [0.15, 0.2) is 59.8 Å². The topological polar surface area (TPSA) is 85.9 Å². The molecular weight excluding hydrogens is 384 g/mol. The minimum Gasteiger partial charge on any atom is -0.493 e. The molecule has 1 aliphatic heterocycles.